The molecule has 1 aromatic carbocycles. The molecule has 1 rings (SSSR count). The number of rotatable bonds is 3. The van der Waals surface area contributed by atoms with Crippen LogP contribution < -0.4 is 0 Å². The van der Waals surface area contributed by atoms with Crippen molar-refractivity contribution in [3.8, 4) is 0 Å². The Balaban J connectivity index is 2.91. The predicted molar refractivity (Wildman–Crippen MR) is 59.4 cm³/mol. The Bertz CT molecular complexity index is 386. The largest absolute Gasteiger partial charge is 0.206 e. The fraction of sp³-hybridized carbons (Fsp3) is 0.0769. The van der Waals surface area contributed by atoms with Gasteiger partial charge in [-0.3, -0.25) is 0 Å². The third-order valence-electron chi connectivity index (χ3n) is 1.79. The normalized spacial score (nSPS) is 10.4. The van der Waals surface area contributed by atoms with Crippen molar-refractivity contribution in [3.63, 3.8) is 0 Å². The third-order valence-corrected chi connectivity index (χ3v) is 1.79. The van der Waals surface area contributed by atoms with E-state index >= 15 is 0 Å². The molecule has 0 amide bonds. The number of hydrogen-bond acceptors (Lipinski definition) is 0. The van der Waals surface area contributed by atoms with Crippen molar-refractivity contribution in [2.24, 2.45) is 0 Å². The van der Waals surface area contributed by atoms with E-state index in [1.54, 1.807) is 24.3 Å². The topological polar surface area (TPSA) is 0 Å². The summed E-state index contributed by atoms with van der Waals surface area (Å²) in [5.74, 6) is -0.246. The van der Waals surface area contributed by atoms with E-state index in [1.807, 2.05) is 13.0 Å². The van der Waals surface area contributed by atoms with Gasteiger partial charge in [-0.15, -0.1) is 0 Å². The molecule has 0 radical (unpaired) electrons. The van der Waals surface area contributed by atoms with E-state index in [-0.39, 0.29) is 5.82 Å². The highest BCUT2D eigenvalue weighted by atomic mass is 19.1. The lowest BCUT2D eigenvalue weighted by molar-refractivity contribution is 0.624. The first kappa shape index (κ1) is 10.5. The van der Waals surface area contributed by atoms with E-state index in [2.05, 4.69) is 13.2 Å². The lowest BCUT2D eigenvalue weighted by Gasteiger charge is -2.01. The zero-order valence-corrected chi connectivity index (χ0v) is 8.26. The molecule has 0 saturated carbocycles. The van der Waals surface area contributed by atoms with Crippen LogP contribution in [0.2, 0.25) is 0 Å². The molecule has 0 atom stereocenters. The number of allylic oxidation sites excluding steroid dienone is 4. The second-order valence-electron chi connectivity index (χ2n) is 3.18. The molecule has 1 heteroatoms. The van der Waals surface area contributed by atoms with Crippen molar-refractivity contribution < 1.29 is 4.39 Å². The molecular formula is C13H13F. The van der Waals surface area contributed by atoms with Gasteiger partial charge in [0.2, 0.25) is 0 Å². The van der Waals surface area contributed by atoms with Crippen molar-refractivity contribution in [2.45, 2.75) is 6.92 Å². The molecule has 0 fully saturated rings. The molecule has 0 unspecified atom stereocenters. The Hall–Kier alpha value is -1.63. The maximum absolute atomic E-state index is 13.2. The maximum Gasteiger partial charge on any atom is 0.131 e. The Morgan fingerprint density at radius 1 is 1.21 bits per heavy atom. The van der Waals surface area contributed by atoms with E-state index in [9.17, 15) is 4.39 Å². The van der Waals surface area contributed by atoms with Crippen molar-refractivity contribution in [1.82, 2.24) is 0 Å². The highest BCUT2D eigenvalue weighted by molar-refractivity contribution is 5.72. The van der Waals surface area contributed by atoms with Gasteiger partial charge < -0.3 is 0 Å². The predicted octanol–water partition coefficient (Wildman–Crippen LogP) is 3.97. The van der Waals surface area contributed by atoms with E-state index in [0.717, 1.165) is 5.57 Å². The van der Waals surface area contributed by atoms with Gasteiger partial charge in [-0.1, -0.05) is 49.1 Å². The van der Waals surface area contributed by atoms with Crippen LogP contribution in [0.1, 0.15) is 12.5 Å². The fourth-order valence-corrected chi connectivity index (χ4v) is 1.05. The number of halogens is 1. The summed E-state index contributed by atoms with van der Waals surface area (Å²) in [6.45, 7) is 9.39. The molecule has 0 aliphatic heterocycles. The van der Waals surface area contributed by atoms with Crippen molar-refractivity contribution >= 4 is 5.57 Å². The van der Waals surface area contributed by atoms with E-state index in [0.29, 0.717) is 11.1 Å². The first-order valence-corrected chi connectivity index (χ1v) is 4.38. The molecule has 72 valence electrons. The molecular weight excluding hydrogens is 175 g/mol. The Morgan fingerprint density at radius 2 is 1.86 bits per heavy atom. The minimum Gasteiger partial charge on any atom is -0.206 e. The van der Waals surface area contributed by atoms with Crippen LogP contribution >= 0.6 is 0 Å². The molecule has 0 aromatic heterocycles. The zero-order valence-electron chi connectivity index (χ0n) is 8.26. The summed E-state index contributed by atoms with van der Waals surface area (Å²) < 4.78 is 13.2. The summed E-state index contributed by atoms with van der Waals surface area (Å²) in [7, 11) is 0. The van der Waals surface area contributed by atoms with Gasteiger partial charge in [0.25, 0.3) is 0 Å². The molecule has 0 N–H and O–H groups in total. The van der Waals surface area contributed by atoms with Gasteiger partial charge in [0.1, 0.15) is 5.82 Å². The van der Waals surface area contributed by atoms with Crippen molar-refractivity contribution in [3.05, 3.63) is 66.5 Å². The molecule has 0 heterocycles. The summed E-state index contributed by atoms with van der Waals surface area (Å²) in [5.41, 5.74) is 2.11. The van der Waals surface area contributed by atoms with Crippen LogP contribution in [0.3, 0.4) is 0 Å². The molecule has 14 heavy (non-hydrogen) atoms. The summed E-state index contributed by atoms with van der Waals surface area (Å²) >= 11 is 0. The first-order valence-electron chi connectivity index (χ1n) is 4.38. The van der Waals surface area contributed by atoms with Gasteiger partial charge in [0.05, 0.1) is 0 Å². The van der Waals surface area contributed by atoms with Crippen LogP contribution in [0.5, 0.6) is 0 Å². The second-order valence-corrected chi connectivity index (χ2v) is 3.18. The molecule has 0 aliphatic carbocycles. The van der Waals surface area contributed by atoms with Crippen LogP contribution in [0, 0.1) is 5.82 Å². The third kappa shape index (κ3) is 2.70. The average Bonchev–Trinajstić information content (AvgIpc) is 2.15. The second kappa shape index (κ2) is 4.56. The van der Waals surface area contributed by atoms with Crippen LogP contribution in [-0.2, 0) is 0 Å². The quantitative estimate of drug-likeness (QED) is 0.629. The van der Waals surface area contributed by atoms with E-state index in [4.69, 9.17) is 0 Å². The van der Waals surface area contributed by atoms with Gasteiger partial charge in [-0.2, -0.15) is 0 Å². The maximum atomic E-state index is 13.2. The van der Waals surface area contributed by atoms with Crippen LogP contribution in [0.25, 0.3) is 5.57 Å². The lowest BCUT2D eigenvalue weighted by atomic mass is 10.1. The van der Waals surface area contributed by atoms with Crippen molar-refractivity contribution in [2.75, 3.05) is 0 Å². The lowest BCUT2D eigenvalue weighted by Crippen LogP contribution is -1.84. The van der Waals surface area contributed by atoms with E-state index < -0.39 is 0 Å². The first-order chi connectivity index (χ1) is 6.61. The van der Waals surface area contributed by atoms with Crippen LogP contribution in [-0.4, -0.2) is 0 Å². The van der Waals surface area contributed by atoms with Gasteiger partial charge >= 0.3 is 0 Å². The highest BCUT2D eigenvalue weighted by Gasteiger charge is 2.00. The minimum absolute atomic E-state index is 0.246. The van der Waals surface area contributed by atoms with Gasteiger partial charge in [0, 0.05) is 5.56 Å². The Morgan fingerprint density at radius 3 is 2.43 bits per heavy atom. The van der Waals surface area contributed by atoms with Gasteiger partial charge in [-0.05, 0) is 18.6 Å². The van der Waals surface area contributed by atoms with Gasteiger partial charge in [-0.25, -0.2) is 4.39 Å². The Labute approximate surface area is 84.1 Å². The number of hydrogen-bond donors (Lipinski definition) is 0. The summed E-state index contributed by atoms with van der Waals surface area (Å²) in [6.07, 6.45) is 3.58. The van der Waals surface area contributed by atoms with Gasteiger partial charge in [0.15, 0.2) is 0 Å². The smallest absolute Gasteiger partial charge is 0.131 e. The average molecular weight is 188 g/mol. The Kier molecular flexibility index (Phi) is 3.41. The molecule has 0 saturated heterocycles. The summed E-state index contributed by atoms with van der Waals surface area (Å²) in [5, 5.41) is 0. The zero-order chi connectivity index (χ0) is 10.6. The molecule has 0 spiro atoms. The minimum atomic E-state index is -0.246. The molecule has 1 aromatic rings. The van der Waals surface area contributed by atoms with Crippen molar-refractivity contribution in [1.29, 1.82) is 0 Å². The number of benzene rings is 1. The molecule has 0 aliphatic rings. The SMILES string of the molecule is C=C(C)/C=C\C(=C)c1ccccc1F. The van der Waals surface area contributed by atoms with Crippen LogP contribution in [0.4, 0.5) is 4.39 Å². The fourth-order valence-electron chi connectivity index (χ4n) is 1.05. The molecule has 0 bridgehead atoms. The van der Waals surface area contributed by atoms with E-state index in [1.165, 1.54) is 6.07 Å². The highest BCUT2D eigenvalue weighted by Crippen LogP contribution is 2.17. The summed E-state index contributed by atoms with van der Waals surface area (Å²) in [6, 6.07) is 6.59. The standard InChI is InChI=1S/C13H13F/c1-10(2)8-9-11(3)12-6-4-5-7-13(12)14/h4-9H,1,3H2,2H3/b9-8-. The molecule has 0 nitrogen and oxygen atoms in total. The van der Waals surface area contributed by atoms with Crippen LogP contribution in [0.15, 0.2) is 55.1 Å². The monoisotopic (exact) mass is 188 g/mol. The summed E-state index contributed by atoms with van der Waals surface area (Å²) in [4.78, 5) is 0.